The summed E-state index contributed by atoms with van der Waals surface area (Å²) in [5.74, 6) is 0.00976. The number of thiophene rings is 1. The molecule has 0 bridgehead atoms. The summed E-state index contributed by atoms with van der Waals surface area (Å²) in [7, 11) is 5.64. The molecule has 2 heterocycles. The quantitative estimate of drug-likeness (QED) is 0.891. The molecule has 0 aliphatic heterocycles. The second kappa shape index (κ2) is 6.91. The van der Waals surface area contributed by atoms with Crippen LogP contribution in [-0.4, -0.2) is 47.9 Å². The van der Waals surface area contributed by atoms with Crippen LogP contribution >= 0.6 is 11.3 Å². The van der Waals surface area contributed by atoms with Gasteiger partial charge in [0.1, 0.15) is 5.69 Å². The number of nitrogens with zero attached hydrogens (tertiary/aromatic N) is 2. The molecule has 0 saturated carbocycles. The Morgan fingerprint density at radius 3 is 2.67 bits per heavy atom. The molecule has 0 aliphatic rings. The van der Waals surface area contributed by atoms with Crippen LogP contribution in [0.3, 0.4) is 0 Å². The van der Waals surface area contributed by atoms with Gasteiger partial charge in [-0.3, -0.25) is 9.69 Å². The maximum Gasteiger partial charge on any atom is 0.269 e. The molecular weight excluding hydrogens is 282 g/mol. The molecule has 0 saturated heterocycles. The number of aromatic nitrogens is 1. The van der Waals surface area contributed by atoms with Crippen molar-refractivity contribution in [1.29, 1.82) is 0 Å². The number of hydrogen-bond acceptors (Lipinski definition) is 3. The summed E-state index contributed by atoms with van der Waals surface area (Å²) in [5.41, 5.74) is 1.72. The summed E-state index contributed by atoms with van der Waals surface area (Å²) >= 11 is 1.80. The Labute approximate surface area is 130 Å². The van der Waals surface area contributed by atoms with Crippen LogP contribution < -0.4 is 0 Å². The summed E-state index contributed by atoms with van der Waals surface area (Å²) in [6.07, 6.45) is 1.05. The average Bonchev–Trinajstić information content (AvgIpc) is 3.09. The number of likely N-dealkylation sites (N-methyl/N-ethyl adjacent to an activating group) is 1. The molecule has 114 valence electrons. The Hall–Kier alpha value is -1.59. The Kier molecular flexibility index (Phi) is 5.20. The van der Waals surface area contributed by atoms with Gasteiger partial charge >= 0.3 is 0 Å². The summed E-state index contributed by atoms with van der Waals surface area (Å²) < 4.78 is 0. The molecule has 2 aromatic rings. The zero-order valence-corrected chi connectivity index (χ0v) is 13.9. The van der Waals surface area contributed by atoms with E-state index < -0.39 is 0 Å². The second-order valence-corrected chi connectivity index (χ2v) is 6.68. The third kappa shape index (κ3) is 4.19. The van der Waals surface area contributed by atoms with Crippen molar-refractivity contribution in [3.8, 4) is 0 Å². The van der Waals surface area contributed by atoms with Gasteiger partial charge in [0.2, 0.25) is 0 Å². The van der Waals surface area contributed by atoms with Crippen LogP contribution in [0.15, 0.2) is 29.6 Å². The van der Waals surface area contributed by atoms with Crippen LogP contribution in [0.4, 0.5) is 0 Å². The van der Waals surface area contributed by atoms with Gasteiger partial charge in [0.15, 0.2) is 0 Å². The molecule has 2 rings (SSSR count). The number of hydrogen-bond donors (Lipinski definition) is 1. The van der Waals surface area contributed by atoms with Gasteiger partial charge in [0, 0.05) is 37.3 Å². The Morgan fingerprint density at radius 2 is 2.05 bits per heavy atom. The maximum atomic E-state index is 11.9. The van der Waals surface area contributed by atoms with Gasteiger partial charge in [0.05, 0.1) is 0 Å². The molecule has 0 spiro atoms. The van der Waals surface area contributed by atoms with E-state index in [1.807, 2.05) is 12.1 Å². The molecule has 5 heteroatoms. The van der Waals surface area contributed by atoms with Crippen LogP contribution in [0.1, 0.15) is 28.0 Å². The van der Waals surface area contributed by atoms with Crippen molar-refractivity contribution < 1.29 is 4.79 Å². The third-order valence-electron chi connectivity index (χ3n) is 3.63. The van der Waals surface area contributed by atoms with E-state index in [9.17, 15) is 4.79 Å². The standard InChI is InChI=1S/C16H23N3OS/c1-12(10-14-6-5-9-21-14)19(4)11-13-7-8-15(17-13)16(20)18(2)3/h5-9,12,17H,10-11H2,1-4H3. The molecule has 0 aromatic carbocycles. The monoisotopic (exact) mass is 305 g/mol. The van der Waals surface area contributed by atoms with Crippen molar-refractivity contribution in [2.24, 2.45) is 0 Å². The molecule has 0 aliphatic carbocycles. The molecule has 1 unspecified atom stereocenters. The minimum absolute atomic E-state index is 0.00976. The highest BCUT2D eigenvalue weighted by atomic mass is 32.1. The predicted molar refractivity (Wildman–Crippen MR) is 87.8 cm³/mol. The first-order chi connectivity index (χ1) is 9.97. The molecule has 4 nitrogen and oxygen atoms in total. The minimum atomic E-state index is 0.00976. The Balaban J connectivity index is 1.93. The summed E-state index contributed by atoms with van der Waals surface area (Å²) in [4.78, 5) is 20.4. The molecule has 0 fully saturated rings. The number of carbonyl (C=O) groups is 1. The van der Waals surface area contributed by atoms with Crippen LogP contribution in [-0.2, 0) is 13.0 Å². The lowest BCUT2D eigenvalue weighted by molar-refractivity contribution is 0.0822. The van der Waals surface area contributed by atoms with Crippen LogP contribution in [0.2, 0.25) is 0 Å². The lowest BCUT2D eigenvalue weighted by atomic mass is 10.2. The molecule has 1 atom stereocenters. The number of amides is 1. The van der Waals surface area contributed by atoms with Crippen molar-refractivity contribution in [2.75, 3.05) is 21.1 Å². The number of H-pyrrole nitrogens is 1. The predicted octanol–water partition coefficient (Wildman–Crippen LogP) is 2.84. The number of nitrogens with one attached hydrogen (secondary N) is 1. The van der Waals surface area contributed by atoms with Crippen LogP contribution in [0.5, 0.6) is 0 Å². The molecule has 1 N–H and O–H groups in total. The van der Waals surface area contributed by atoms with E-state index in [4.69, 9.17) is 0 Å². The van der Waals surface area contributed by atoms with Crippen molar-refractivity contribution >= 4 is 17.2 Å². The van der Waals surface area contributed by atoms with E-state index in [1.165, 1.54) is 4.88 Å². The van der Waals surface area contributed by atoms with Gasteiger partial charge in [0.25, 0.3) is 5.91 Å². The van der Waals surface area contributed by atoms with Crippen LogP contribution in [0, 0.1) is 0 Å². The van der Waals surface area contributed by atoms with E-state index >= 15 is 0 Å². The fraction of sp³-hybridized carbons (Fsp3) is 0.438. The highest BCUT2D eigenvalue weighted by Gasteiger charge is 2.14. The van der Waals surface area contributed by atoms with Gasteiger partial charge in [-0.1, -0.05) is 6.07 Å². The maximum absolute atomic E-state index is 11.9. The lowest BCUT2D eigenvalue weighted by Gasteiger charge is -2.23. The summed E-state index contributed by atoms with van der Waals surface area (Å²) in [6, 6.07) is 8.58. The largest absolute Gasteiger partial charge is 0.353 e. The highest BCUT2D eigenvalue weighted by molar-refractivity contribution is 7.09. The zero-order chi connectivity index (χ0) is 15.4. The van der Waals surface area contributed by atoms with E-state index in [2.05, 4.69) is 41.4 Å². The first kappa shape index (κ1) is 15.8. The van der Waals surface area contributed by atoms with Gasteiger partial charge in [-0.15, -0.1) is 11.3 Å². The Bertz CT molecular complexity index is 574. The van der Waals surface area contributed by atoms with E-state index in [1.54, 1.807) is 30.3 Å². The number of carbonyl (C=O) groups excluding carboxylic acids is 1. The minimum Gasteiger partial charge on any atom is -0.353 e. The Morgan fingerprint density at radius 1 is 1.29 bits per heavy atom. The summed E-state index contributed by atoms with van der Waals surface area (Å²) in [5, 5.41) is 2.12. The van der Waals surface area contributed by atoms with Crippen molar-refractivity contribution in [1.82, 2.24) is 14.8 Å². The second-order valence-electron chi connectivity index (χ2n) is 5.64. The SMILES string of the molecule is CC(Cc1cccs1)N(C)Cc1ccc(C(=O)N(C)C)[nH]1. The fourth-order valence-corrected chi connectivity index (χ4v) is 3.02. The lowest BCUT2D eigenvalue weighted by Crippen LogP contribution is -2.30. The van der Waals surface area contributed by atoms with Crippen molar-refractivity contribution in [2.45, 2.75) is 25.9 Å². The van der Waals surface area contributed by atoms with E-state index in [-0.39, 0.29) is 5.91 Å². The van der Waals surface area contributed by atoms with Gasteiger partial charge in [-0.05, 0) is 44.0 Å². The number of aromatic amines is 1. The van der Waals surface area contributed by atoms with Gasteiger partial charge < -0.3 is 9.88 Å². The van der Waals surface area contributed by atoms with Crippen molar-refractivity contribution in [3.05, 3.63) is 45.9 Å². The molecule has 2 aromatic heterocycles. The fourth-order valence-electron chi connectivity index (χ4n) is 2.20. The third-order valence-corrected chi connectivity index (χ3v) is 4.53. The normalized spacial score (nSPS) is 12.6. The van der Waals surface area contributed by atoms with Crippen LogP contribution in [0.25, 0.3) is 0 Å². The first-order valence-corrected chi connectivity index (χ1v) is 7.97. The zero-order valence-electron chi connectivity index (χ0n) is 13.1. The molecule has 0 radical (unpaired) electrons. The van der Waals surface area contributed by atoms with E-state index in [0.717, 1.165) is 18.7 Å². The highest BCUT2D eigenvalue weighted by Crippen LogP contribution is 2.15. The smallest absolute Gasteiger partial charge is 0.269 e. The van der Waals surface area contributed by atoms with Gasteiger partial charge in [-0.2, -0.15) is 0 Å². The number of rotatable bonds is 6. The topological polar surface area (TPSA) is 39.3 Å². The summed E-state index contributed by atoms with van der Waals surface area (Å²) in [6.45, 7) is 3.04. The van der Waals surface area contributed by atoms with Crippen molar-refractivity contribution in [3.63, 3.8) is 0 Å². The average molecular weight is 305 g/mol. The molecule has 1 amide bonds. The van der Waals surface area contributed by atoms with E-state index in [0.29, 0.717) is 11.7 Å². The molecular formula is C16H23N3OS. The molecule has 21 heavy (non-hydrogen) atoms. The first-order valence-electron chi connectivity index (χ1n) is 7.09. The van der Waals surface area contributed by atoms with Gasteiger partial charge in [-0.25, -0.2) is 0 Å².